The van der Waals surface area contributed by atoms with Crippen LogP contribution in [0.2, 0.25) is 10.0 Å². The zero-order valence-electron chi connectivity index (χ0n) is 10.2. The Hall–Kier alpha value is -1.02. The van der Waals surface area contributed by atoms with Crippen molar-refractivity contribution in [3.63, 3.8) is 0 Å². The quantitative estimate of drug-likeness (QED) is 0.869. The molecule has 2 aromatic rings. The fraction of sp³-hybridized carbons (Fsp3) is 0.200. The third-order valence-corrected chi connectivity index (χ3v) is 3.53. The number of halogens is 2. The molecule has 1 unspecified atom stereocenters. The first-order valence-corrected chi connectivity index (χ1v) is 6.62. The van der Waals surface area contributed by atoms with E-state index in [1.54, 1.807) is 6.07 Å². The average Bonchev–Trinajstić information content (AvgIpc) is 2.38. The van der Waals surface area contributed by atoms with Crippen LogP contribution in [0.1, 0.15) is 17.2 Å². The summed E-state index contributed by atoms with van der Waals surface area (Å²) in [6.07, 6.45) is 0.901. The lowest BCUT2D eigenvalue weighted by molar-refractivity contribution is 0.592. The lowest BCUT2D eigenvalue weighted by Crippen LogP contribution is -2.19. The molecular formula is C15H15Cl2N. The molecule has 1 N–H and O–H groups in total. The highest BCUT2D eigenvalue weighted by molar-refractivity contribution is 6.35. The summed E-state index contributed by atoms with van der Waals surface area (Å²) in [5, 5.41) is 4.67. The van der Waals surface area contributed by atoms with Gasteiger partial charge in [-0.1, -0.05) is 59.6 Å². The third-order valence-electron chi connectivity index (χ3n) is 2.97. The van der Waals surface area contributed by atoms with E-state index in [1.165, 1.54) is 5.56 Å². The minimum atomic E-state index is 0.192. The van der Waals surface area contributed by atoms with E-state index in [2.05, 4.69) is 17.4 Å². The van der Waals surface area contributed by atoms with Gasteiger partial charge in [-0.25, -0.2) is 0 Å². The summed E-state index contributed by atoms with van der Waals surface area (Å²) in [5.74, 6) is 0. The van der Waals surface area contributed by atoms with Crippen molar-refractivity contribution in [2.45, 2.75) is 12.5 Å². The van der Waals surface area contributed by atoms with Gasteiger partial charge in [-0.2, -0.15) is 0 Å². The van der Waals surface area contributed by atoms with E-state index in [4.69, 9.17) is 23.2 Å². The van der Waals surface area contributed by atoms with Gasteiger partial charge in [0.2, 0.25) is 0 Å². The Kier molecular flexibility index (Phi) is 4.65. The van der Waals surface area contributed by atoms with Crippen LogP contribution < -0.4 is 5.32 Å². The summed E-state index contributed by atoms with van der Waals surface area (Å²) in [5.41, 5.74) is 2.36. The first-order chi connectivity index (χ1) is 8.70. The van der Waals surface area contributed by atoms with E-state index in [1.807, 2.05) is 37.4 Å². The van der Waals surface area contributed by atoms with Crippen molar-refractivity contribution in [3.05, 3.63) is 69.7 Å². The Morgan fingerprint density at radius 3 is 2.39 bits per heavy atom. The first-order valence-electron chi connectivity index (χ1n) is 5.87. The highest BCUT2D eigenvalue weighted by Crippen LogP contribution is 2.28. The standard InChI is InChI=1S/C15H15Cl2N/c1-18-15(9-11-5-3-2-4-6-11)13-8-7-12(16)10-14(13)17/h2-8,10,15,18H,9H2,1H3. The molecular weight excluding hydrogens is 265 g/mol. The van der Waals surface area contributed by atoms with Gasteiger partial charge in [-0.15, -0.1) is 0 Å². The predicted molar refractivity (Wildman–Crippen MR) is 78.4 cm³/mol. The molecule has 0 aliphatic carbocycles. The number of benzene rings is 2. The molecule has 0 amide bonds. The van der Waals surface area contributed by atoms with Crippen LogP contribution in [0.4, 0.5) is 0 Å². The van der Waals surface area contributed by atoms with Crippen LogP contribution in [-0.4, -0.2) is 7.05 Å². The Morgan fingerprint density at radius 2 is 1.78 bits per heavy atom. The second-order valence-corrected chi connectivity index (χ2v) is 5.04. The summed E-state index contributed by atoms with van der Waals surface area (Å²) >= 11 is 12.2. The minimum Gasteiger partial charge on any atom is -0.313 e. The van der Waals surface area contributed by atoms with Crippen molar-refractivity contribution in [1.82, 2.24) is 5.32 Å². The SMILES string of the molecule is CNC(Cc1ccccc1)c1ccc(Cl)cc1Cl. The molecule has 0 radical (unpaired) electrons. The molecule has 0 heterocycles. The van der Waals surface area contributed by atoms with Crippen molar-refractivity contribution < 1.29 is 0 Å². The molecule has 0 fully saturated rings. The van der Waals surface area contributed by atoms with Crippen molar-refractivity contribution >= 4 is 23.2 Å². The molecule has 0 aromatic heterocycles. The highest BCUT2D eigenvalue weighted by Gasteiger charge is 2.13. The molecule has 0 spiro atoms. The van der Waals surface area contributed by atoms with Gasteiger partial charge >= 0.3 is 0 Å². The summed E-state index contributed by atoms with van der Waals surface area (Å²) in [6.45, 7) is 0. The van der Waals surface area contributed by atoms with Crippen LogP contribution in [0.3, 0.4) is 0 Å². The molecule has 0 aliphatic heterocycles. The molecule has 0 saturated carbocycles. The van der Waals surface area contributed by atoms with Crippen molar-refractivity contribution in [2.75, 3.05) is 7.05 Å². The molecule has 0 bridgehead atoms. The van der Waals surface area contributed by atoms with Gasteiger partial charge < -0.3 is 5.32 Å². The third kappa shape index (κ3) is 3.26. The molecule has 3 heteroatoms. The number of hydrogen-bond acceptors (Lipinski definition) is 1. The van der Waals surface area contributed by atoms with Gasteiger partial charge in [0.1, 0.15) is 0 Å². The minimum absolute atomic E-state index is 0.192. The topological polar surface area (TPSA) is 12.0 Å². The molecule has 2 rings (SSSR count). The zero-order chi connectivity index (χ0) is 13.0. The van der Waals surface area contributed by atoms with E-state index in [0.29, 0.717) is 10.0 Å². The van der Waals surface area contributed by atoms with Crippen LogP contribution in [-0.2, 0) is 6.42 Å². The van der Waals surface area contributed by atoms with Gasteiger partial charge in [0.25, 0.3) is 0 Å². The number of nitrogens with one attached hydrogen (secondary N) is 1. The van der Waals surface area contributed by atoms with Crippen LogP contribution in [0.25, 0.3) is 0 Å². The highest BCUT2D eigenvalue weighted by atomic mass is 35.5. The largest absolute Gasteiger partial charge is 0.313 e. The van der Waals surface area contributed by atoms with Gasteiger partial charge in [0.05, 0.1) is 0 Å². The fourth-order valence-electron chi connectivity index (χ4n) is 2.00. The van der Waals surface area contributed by atoms with E-state index in [-0.39, 0.29) is 6.04 Å². The zero-order valence-corrected chi connectivity index (χ0v) is 11.7. The normalized spacial score (nSPS) is 12.4. The number of hydrogen-bond donors (Lipinski definition) is 1. The van der Waals surface area contributed by atoms with E-state index in [0.717, 1.165) is 12.0 Å². The maximum atomic E-state index is 6.24. The van der Waals surface area contributed by atoms with Crippen LogP contribution >= 0.6 is 23.2 Å². The average molecular weight is 280 g/mol. The number of likely N-dealkylation sites (N-methyl/N-ethyl adjacent to an activating group) is 1. The summed E-state index contributed by atoms with van der Waals surface area (Å²) < 4.78 is 0. The molecule has 18 heavy (non-hydrogen) atoms. The maximum absolute atomic E-state index is 6.24. The maximum Gasteiger partial charge on any atom is 0.0468 e. The Labute approximate surface area is 118 Å². The van der Waals surface area contributed by atoms with E-state index < -0.39 is 0 Å². The lowest BCUT2D eigenvalue weighted by atomic mass is 9.99. The molecule has 2 aromatic carbocycles. The first kappa shape index (κ1) is 13.4. The Balaban J connectivity index is 2.23. The Bertz CT molecular complexity index is 511. The lowest BCUT2D eigenvalue weighted by Gasteiger charge is -2.18. The van der Waals surface area contributed by atoms with E-state index >= 15 is 0 Å². The predicted octanol–water partition coefficient (Wildman–Crippen LogP) is 4.50. The fourth-order valence-corrected chi connectivity index (χ4v) is 2.54. The van der Waals surface area contributed by atoms with Crippen molar-refractivity contribution in [2.24, 2.45) is 0 Å². The molecule has 1 nitrogen and oxygen atoms in total. The second-order valence-electron chi connectivity index (χ2n) is 4.20. The molecule has 0 saturated heterocycles. The van der Waals surface area contributed by atoms with Gasteiger partial charge in [0, 0.05) is 16.1 Å². The second kappa shape index (κ2) is 6.24. The van der Waals surface area contributed by atoms with Gasteiger partial charge in [0.15, 0.2) is 0 Å². The molecule has 1 atom stereocenters. The van der Waals surface area contributed by atoms with Crippen LogP contribution in [0.15, 0.2) is 48.5 Å². The smallest absolute Gasteiger partial charge is 0.0468 e. The monoisotopic (exact) mass is 279 g/mol. The van der Waals surface area contributed by atoms with Gasteiger partial charge in [-0.3, -0.25) is 0 Å². The van der Waals surface area contributed by atoms with Crippen LogP contribution in [0, 0.1) is 0 Å². The summed E-state index contributed by atoms with van der Waals surface area (Å²) in [4.78, 5) is 0. The van der Waals surface area contributed by atoms with Crippen LogP contribution in [0.5, 0.6) is 0 Å². The van der Waals surface area contributed by atoms with Crippen molar-refractivity contribution in [1.29, 1.82) is 0 Å². The Morgan fingerprint density at radius 1 is 1.06 bits per heavy atom. The van der Waals surface area contributed by atoms with Crippen molar-refractivity contribution in [3.8, 4) is 0 Å². The summed E-state index contributed by atoms with van der Waals surface area (Å²) in [7, 11) is 1.94. The molecule has 94 valence electrons. The molecule has 0 aliphatic rings. The van der Waals surface area contributed by atoms with E-state index in [9.17, 15) is 0 Å². The number of rotatable bonds is 4. The summed E-state index contributed by atoms with van der Waals surface area (Å²) in [6, 6.07) is 16.2. The van der Waals surface area contributed by atoms with Gasteiger partial charge in [-0.05, 0) is 36.7 Å².